The third kappa shape index (κ3) is 3.30. The summed E-state index contributed by atoms with van der Waals surface area (Å²) >= 11 is 13.4. The van der Waals surface area contributed by atoms with Gasteiger partial charge in [0.2, 0.25) is 5.91 Å². The number of amides is 1. The fourth-order valence-electron chi connectivity index (χ4n) is 1.27. The predicted molar refractivity (Wildman–Crippen MR) is 66.8 cm³/mol. The minimum absolute atomic E-state index is 0.381. The molecular weight excluding hydrogens is 253 g/mol. The maximum atomic E-state index is 11.3. The van der Waals surface area contributed by atoms with Gasteiger partial charge in [0.15, 0.2) is 0 Å². The van der Waals surface area contributed by atoms with Crippen LogP contribution in [0.3, 0.4) is 0 Å². The summed E-state index contributed by atoms with van der Waals surface area (Å²) in [5, 5.41) is 1.08. The lowest BCUT2D eigenvalue weighted by Gasteiger charge is -2.14. The van der Waals surface area contributed by atoms with E-state index in [9.17, 15) is 4.79 Å². The fraction of sp³-hybridized carbons (Fsp3) is 0.300. The molecule has 15 heavy (non-hydrogen) atoms. The Morgan fingerprint density at radius 1 is 1.53 bits per heavy atom. The van der Waals surface area contributed by atoms with Crippen molar-refractivity contribution in [2.45, 2.75) is 5.92 Å². The van der Waals surface area contributed by atoms with E-state index < -0.39 is 0 Å². The molecule has 0 aliphatic rings. The maximum absolute atomic E-state index is 11.3. The highest BCUT2D eigenvalue weighted by Crippen LogP contribution is 2.29. The first-order valence-corrected chi connectivity index (χ1v) is 6.44. The molecule has 1 aromatic carbocycles. The second kappa shape index (κ2) is 5.64. The molecule has 0 heterocycles. The first kappa shape index (κ1) is 12.7. The van der Waals surface area contributed by atoms with Crippen LogP contribution in [-0.4, -0.2) is 17.9 Å². The molecule has 0 saturated heterocycles. The second-order valence-corrected chi connectivity index (χ2v) is 4.83. The topological polar surface area (TPSA) is 43.1 Å². The highest BCUT2D eigenvalue weighted by molar-refractivity contribution is 7.98. The number of nitrogens with two attached hydrogens (primary N) is 1. The summed E-state index contributed by atoms with van der Waals surface area (Å²) in [7, 11) is 0. The van der Waals surface area contributed by atoms with Crippen molar-refractivity contribution in [2.24, 2.45) is 5.73 Å². The van der Waals surface area contributed by atoms with Gasteiger partial charge in [-0.1, -0.05) is 23.2 Å². The van der Waals surface area contributed by atoms with E-state index in [2.05, 4.69) is 0 Å². The third-order valence-electron chi connectivity index (χ3n) is 2.01. The summed E-state index contributed by atoms with van der Waals surface area (Å²) in [6, 6.07) is 5.05. The Balaban J connectivity index is 3.09. The molecule has 0 fully saturated rings. The van der Waals surface area contributed by atoms with Crippen molar-refractivity contribution in [3.8, 4) is 0 Å². The van der Waals surface area contributed by atoms with Crippen LogP contribution in [0.4, 0.5) is 0 Å². The monoisotopic (exact) mass is 263 g/mol. The molecule has 5 heteroatoms. The van der Waals surface area contributed by atoms with Crippen LogP contribution < -0.4 is 5.73 Å². The molecule has 0 bridgehead atoms. The summed E-state index contributed by atoms with van der Waals surface area (Å²) in [4.78, 5) is 11.3. The quantitative estimate of drug-likeness (QED) is 0.908. The van der Waals surface area contributed by atoms with E-state index in [4.69, 9.17) is 28.9 Å². The van der Waals surface area contributed by atoms with Gasteiger partial charge in [-0.25, -0.2) is 0 Å². The Morgan fingerprint density at radius 2 is 2.20 bits per heavy atom. The molecule has 0 radical (unpaired) electrons. The van der Waals surface area contributed by atoms with Crippen molar-refractivity contribution in [3.05, 3.63) is 33.8 Å². The standard InChI is InChI=1S/C10H11Cl2NOS/c1-15-5-8(10(13)14)7-4-6(11)2-3-9(7)12/h2-4,8H,5H2,1H3,(H2,13,14)/t8-/m1/s1. The Labute approximate surface area is 103 Å². The minimum atomic E-state index is -0.383. The van der Waals surface area contributed by atoms with E-state index in [1.54, 1.807) is 30.0 Å². The normalized spacial score (nSPS) is 12.5. The van der Waals surface area contributed by atoms with Gasteiger partial charge < -0.3 is 5.73 Å². The number of benzene rings is 1. The smallest absolute Gasteiger partial charge is 0.225 e. The van der Waals surface area contributed by atoms with Gasteiger partial charge in [0.05, 0.1) is 5.92 Å². The predicted octanol–water partition coefficient (Wildman–Crippen LogP) is 2.93. The lowest BCUT2D eigenvalue weighted by Crippen LogP contribution is -2.23. The Kier molecular flexibility index (Phi) is 4.77. The van der Waals surface area contributed by atoms with Crippen molar-refractivity contribution in [1.29, 1.82) is 0 Å². The molecule has 1 aromatic rings. The molecule has 1 rings (SSSR count). The number of rotatable bonds is 4. The molecule has 2 nitrogen and oxygen atoms in total. The van der Waals surface area contributed by atoms with Crippen molar-refractivity contribution >= 4 is 40.9 Å². The van der Waals surface area contributed by atoms with Crippen LogP contribution in [0.2, 0.25) is 10.0 Å². The SMILES string of the molecule is CSC[C@@H](C(N)=O)c1cc(Cl)ccc1Cl. The zero-order valence-corrected chi connectivity index (χ0v) is 10.5. The number of hydrogen-bond donors (Lipinski definition) is 1. The van der Waals surface area contributed by atoms with Gasteiger partial charge in [-0.05, 0) is 30.0 Å². The van der Waals surface area contributed by atoms with E-state index in [0.717, 1.165) is 0 Å². The first-order chi connectivity index (χ1) is 7.06. The van der Waals surface area contributed by atoms with Gasteiger partial charge in [0.25, 0.3) is 0 Å². The first-order valence-electron chi connectivity index (χ1n) is 4.29. The van der Waals surface area contributed by atoms with Crippen LogP contribution >= 0.6 is 35.0 Å². The summed E-state index contributed by atoms with van der Waals surface area (Å²) < 4.78 is 0. The second-order valence-electron chi connectivity index (χ2n) is 3.08. The van der Waals surface area contributed by atoms with Crippen LogP contribution in [0, 0.1) is 0 Å². The molecule has 82 valence electrons. The van der Waals surface area contributed by atoms with E-state index in [0.29, 0.717) is 21.4 Å². The van der Waals surface area contributed by atoms with Gasteiger partial charge >= 0.3 is 0 Å². The zero-order chi connectivity index (χ0) is 11.4. The molecule has 1 amide bonds. The third-order valence-corrected chi connectivity index (χ3v) is 3.26. The average Bonchev–Trinajstić information content (AvgIpc) is 2.18. The van der Waals surface area contributed by atoms with Crippen molar-refractivity contribution in [3.63, 3.8) is 0 Å². The maximum Gasteiger partial charge on any atom is 0.225 e. The number of primary amides is 1. The van der Waals surface area contributed by atoms with Gasteiger partial charge in [-0.15, -0.1) is 0 Å². The van der Waals surface area contributed by atoms with Crippen molar-refractivity contribution in [2.75, 3.05) is 12.0 Å². The number of halogens is 2. The van der Waals surface area contributed by atoms with E-state index in [-0.39, 0.29) is 11.8 Å². The van der Waals surface area contributed by atoms with Gasteiger partial charge in [0, 0.05) is 15.8 Å². The molecule has 0 aliphatic heterocycles. The van der Waals surface area contributed by atoms with Crippen molar-refractivity contribution < 1.29 is 4.79 Å². The Morgan fingerprint density at radius 3 is 2.73 bits per heavy atom. The lowest BCUT2D eigenvalue weighted by molar-refractivity contribution is -0.118. The summed E-state index contributed by atoms with van der Waals surface area (Å²) in [5.74, 6) is -0.158. The molecule has 0 aliphatic carbocycles. The number of carbonyl (C=O) groups is 1. The van der Waals surface area contributed by atoms with Gasteiger partial charge in [-0.3, -0.25) is 4.79 Å². The van der Waals surface area contributed by atoms with Crippen LogP contribution in [0.5, 0.6) is 0 Å². The fourth-order valence-corrected chi connectivity index (χ4v) is 2.38. The Hall–Kier alpha value is -0.380. The molecule has 0 spiro atoms. The molecule has 2 N–H and O–H groups in total. The van der Waals surface area contributed by atoms with E-state index in [1.165, 1.54) is 0 Å². The van der Waals surface area contributed by atoms with Crippen LogP contribution in [0.1, 0.15) is 11.5 Å². The van der Waals surface area contributed by atoms with Crippen molar-refractivity contribution in [1.82, 2.24) is 0 Å². The molecule has 0 saturated carbocycles. The number of carbonyl (C=O) groups excluding carboxylic acids is 1. The molecule has 1 atom stereocenters. The highest BCUT2D eigenvalue weighted by Gasteiger charge is 2.20. The minimum Gasteiger partial charge on any atom is -0.369 e. The van der Waals surface area contributed by atoms with E-state index in [1.807, 2.05) is 6.26 Å². The lowest BCUT2D eigenvalue weighted by atomic mass is 10.0. The van der Waals surface area contributed by atoms with Crippen LogP contribution in [0.25, 0.3) is 0 Å². The average molecular weight is 264 g/mol. The summed E-state index contributed by atoms with van der Waals surface area (Å²) in [6.07, 6.45) is 1.91. The highest BCUT2D eigenvalue weighted by atomic mass is 35.5. The van der Waals surface area contributed by atoms with Gasteiger partial charge in [-0.2, -0.15) is 11.8 Å². The summed E-state index contributed by atoms with van der Waals surface area (Å²) in [5.41, 5.74) is 6.02. The largest absolute Gasteiger partial charge is 0.369 e. The van der Waals surface area contributed by atoms with Gasteiger partial charge in [0.1, 0.15) is 0 Å². The number of thioether (sulfide) groups is 1. The summed E-state index contributed by atoms with van der Waals surface area (Å²) in [6.45, 7) is 0. The Bertz CT molecular complexity index is 370. The number of hydrogen-bond acceptors (Lipinski definition) is 2. The van der Waals surface area contributed by atoms with Crippen LogP contribution in [0.15, 0.2) is 18.2 Å². The van der Waals surface area contributed by atoms with Crippen LogP contribution in [-0.2, 0) is 4.79 Å². The molecule has 0 unspecified atom stereocenters. The zero-order valence-electron chi connectivity index (χ0n) is 8.17. The van der Waals surface area contributed by atoms with E-state index >= 15 is 0 Å². The molecule has 0 aromatic heterocycles. The molecular formula is C10H11Cl2NOS.